The summed E-state index contributed by atoms with van der Waals surface area (Å²) in [7, 11) is 7.51. The normalized spacial score (nSPS) is 17.2. The van der Waals surface area contributed by atoms with Crippen molar-refractivity contribution in [3.8, 4) is 11.3 Å². The van der Waals surface area contributed by atoms with Gasteiger partial charge in [-0.15, -0.1) is 0 Å². The van der Waals surface area contributed by atoms with E-state index in [1.54, 1.807) is 24.3 Å². The van der Waals surface area contributed by atoms with Gasteiger partial charge < -0.3 is 10.0 Å². The molecule has 0 bridgehead atoms. The van der Waals surface area contributed by atoms with Gasteiger partial charge in [0.15, 0.2) is 7.85 Å². The molecule has 1 aliphatic rings. The molecule has 3 rings (SSSR count). The Balaban J connectivity index is 0.000000730. The third-order valence-electron chi connectivity index (χ3n) is 3.74. The second kappa shape index (κ2) is 8.12. The van der Waals surface area contributed by atoms with Crippen molar-refractivity contribution in [2.24, 2.45) is 0 Å². The van der Waals surface area contributed by atoms with Crippen LogP contribution < -0.4 is 4.90 Å². The predicted octanol–water partition coefficient (Wildman–Crippen LogP) is 3.74. The molecule has 6 nitrogen and oxygen atoms in total. The monoisotopic (exact) mass is 341 g/mol. The molecule has 132 valence electrons. The zero-order valence-corrected chi connectivity index (χ0v) is 15.6. The number of aliphatic hydroxyl groups is 1. The van der Waals surface area contributed by atoms with E-state index in [9.17, 15) is 15.2 Å². The molecule has 7 heteroatoms. The van der Waals surface area contributed by atoms with Crippen molar-refractivity contribution in [3.05, 3.63) is 51.7 Å². The van der Waals surface area contributed by atoms with Gasteiger partial charge in [0, 0.05) is 29.9 Å². The zero-order valence-electron chi connectivity index (χ0n) is 15.6. The lowest BCUT2D eigenvalue weighted by Gasteiger charge is -2.42. The number of aryl methyl sites for hydroxylation is 1. The molecule has 0 aliphatic carbocycles. The third kappa shape index (κ3) is 3.51. The lowest BCUT2D eigenvalue weighted by Crippen LogP contribution is -2.47. The first-order valence-corrected chi connectivity index (χ1v) is 8.35. The Morgan fingerprint density at radius 3 is 2.36 bits per heavy atom. The van der Waals surface area contributed by atoms with Gasteiger partial charge in [-0.1, -0.05) is 45.9 Å². The van der Waals surface area contributed by atoms with Crippen LogP contribution in [0, 0.1) is 17.0 Å². The molecule has 1 aromatic carbocycles. The number of anilines is 1. The minimum atomic E-state index is -1.85. The molecule has 1 atom stereocenters. The van der Waals surface area contributed by atoms with Crippen LogP contribution in [0.4, 0.5) is 11.4 Å². The summed E-state index contributed by atoms with van der Waals surface area (Å²) in [6, 6.07) is 8.15. The molecule has 0 saturated heterocycles. The average molecular weight is 341 g/mol. The number of para-hydroxylation sites is 1. The number of aromatic nitrogens is 1. The van der Waals surface area contributed by atoms with Gasteiger partial charge >= 0.3 is 0 Å². The maximum absolute atomic E-state index is 11.2. The lowest BCUT2D eigenvalue weighted by molar-refractivity contribution is -0.384. The first-order valence-electron chi connectivity index (χ1n) is 8.35. The van der Waals surface area contributed by atoms with Crippen LogP contribution in [0.15, 0.2) is 30.3 Å². The van der Waals surface area contributed by atoms with E-state index in [4.69, 9.17) is 7.85 Å². The minimum absolute atomic E-state index is 0.118. The van der Waals surface area contributed by atoms with Crippen LogP contribution in [0.1, 0.15) is 39.0 Å². The van der Waals surface area contributed by atoms with E-state index >= 15 is 0 Å². The fraction of sp³-hybridized carbons (Fsp3) is 0.389. The highest BCUT2D eigenvalue weighted by molar-refractivity contribution is 6.18. The van der Waals surface area contributed by atoms with Gasteiger partial charge in [0.05, 0.1) is 10.6 Å². The van der Waals surface area contributed by atoms with Crippen molar-refractivity contribution in [1.82, 2.24) is 4.98 Å². The molecular weight excluding hydrogens is 317 g/mol. The van der Waals surface area contributed by atoms with Crippen molar-refractivity contribution >= 4 is 19.2 Å². The van der Waals surface area contributed by atoms with E-state index in [-0.39, 0.29) is 11.4 Å². The second-order valence-corrected chi connectivity index (χ2v) is 5.06. The van der Waals surface area contributed by atoms with Crippen LogP contribution >= 0.6 is 0 Å². The van der Waals surface area contributed by atoms with Gasteiger partial charge in [-0.3, -0.25) is 15.1 Å². The highest BCUT2D eigenvalue weighted by atomic mass is 16.6. The van der Waals surface area contributed by atoms with E-state index in [1.807, 2.05) is 34.6 Å². The average Bonchev–Trinajstić information content (AvgIpc) is 2.62. The molecule has 1 unspecified atom stereocenters. The Labute approximate surface area is 150 Å². The first kappa shape index (κ1) is 20.6. The molecule has 2 heterocycles. The number of nitrogens with zero attached hydrogens (tertiary/aromatic N) is 3. The van der Waals surface area contributed by atoms with Gasteiger partial charge in [-0.2, -0.15) is 0 Å². The smallest absolute Gasteiger partial charge is 0.293 e. The summed E-state index contributed by atoms with van der Waals surface area (Å²) in [5, 5.41) is 21.8. The lowest BCUT2D eigenvalue weighted by atomic mass is 9.77. The topological polar surface area (TPSA) is 79.5 Å². The second-order valence-electron chi connectivity index (χ2n) is 5.06. The number of hydrogen-bond donors (Lipinski definition) is 1. The van der Waals surface area contributed by atoms with E-state index in [0.717, 1.165) is 5.69 Å². The standard InChI is InChI=1S/C14H12BN3O3.2C2H6/c1-8-6-7-10-12(16-8)9-4-3-5-11(18(20)21)13(9)17(2)14(10,15)19;2*1-2/h3-7,19H,1-2H3;2*1-2H3. The van der Waals surface area contributed by atoms with Gasteiger partial charge in [0.1, 0.15) is 11.3 Å². The minimum Gasteiger partial charge on any atom is -0.376 e. The van der Waals surface area contributed by atoms with Crippen molar-refractivity contribution in [3.63, 3.8) is 0 Å². The first-order chi connectivity index (χ1) is 11.8. The Kier molecular flexibility index (Phi) is 6.70. The molecule has 1 N–H and O–H groups in total. The largest absolute Gasteiger partial charge is 0.376 e. The van der Waals surface area contributed by atoms with Crippen LogP contribution in [-0.2, 0) is 5.62 Å². The van der Waals surface area contributed by atoms with Gasteiger partial charge in [-0.25, -0.2) is 0 Å². The van der Waals surface area contributed by atoms with Crippen LogP contribution in [0.25, 0.3) is 11.3 Å². The summed E-state index contributed by atoms with van der Waals surface area (Å²) in [4.78, 5) is 16.5. The SMILES string of the molecule is CC.CC.[B]C1(O)c2ccc(C)nc2-c2cccc([N+](=O)[O-])c2N1C. The van der Waals surface area contributed by atoms with Crippen molar-refractivity contribution in [2.45, 2.75) is 40.2 Å². The number of pyridine rings is 1. The van der Waals surface area contributed by atoms with Gasteiger partial charge in [-0.05, 0) is 13.0 Å². The summed E-state index contributed by atoms with van der Waals surface area (Å²) in [5.74, 6) is 0. The summed E-state index contributed by atoms with van der Waals surface area (Å²) >= 11 is 0. The predicted molar refractivity (Wildman–Crippen MR) is 102 cm³/mol. The molecule has 2 radical (unpaired) electrons. The molecular formula is C18H24BN3O3. The molecule has 0 spiro atoms. The summed E-state index contributed by atoms with van der Waals surface area (Å²) in [6.07, 6.45) is 0. The Morgan fingerprint density at radius 2 is 1.80 bits per heavy atom. The Morgan fingerprint density at radius 1 is 1.20 bits per heavy atom. The molecule has 0 saturated carbocycles. The zero-order chi connectivity index (χ0) is 19.4. The molecule has 2 aromatic rings. The molecule has 0 amide bonds. The highest BCUT2D eigenvalue weighted by Gasteiger charge is 2.40. The maximum atomic E-state index is 11.2. The molecule has 0 fully saturated rings. The fourth-order valence-electron chi connectivity index (χ4n) is 2.63. The molecule has 25 heavy (non-hydrogen) atoms. The van der Waals surface area contributed by atoms with E-state index < -0.39 is 10.5 Å². The number of fused-ring (bicyclic) bond motifs is 3. The van der Waals surface area contributed by atoms with Gasteiger partial charge in [0.2, 0.25) is 0 Å². The maximum Gasteiger partial charge on any atom is 0.293 e. The van der Waals surface area contributed by atoms with E-state index in [1.165, 1.54) is 18.0 Å². The third-order valence-corrected chi connectivity index (χ3v) is 3.74. The summed E-state index contributed by atoms with van der Waals surface area (Å²) in [6.45, 7) is 9.81. The van der Waals surface area contributed by atoms with Crippen LogP contribution in [-0.4, -0.2) is 29.9 Å². The summed E-state index contributed by atoms with van der Waals surface area (Å²) < 4.78 is 0. The summed E-state index contributed by atoms with van der Waals surface area (Å²) in [5.41, 5.74) is 0.508. The number of nitro groups is 1. The quantitative estimate of drug-likeness (QED) is 0.486. The number of nitro benzene ring substituents is 1. The van der Waals surface area contributed by atoms with Crippen LogP contribution in [0.3, 0.4) is 0 Å². The van der Waals surface area contributed by atoms with E-state index in [0.29, 0.717) is 16.8 Å². The van der Waals surface area contributed by atoms with Crippen LogP contribution in [0.2, 0.25) is 0 Å². The number of rotatable bonds is 1. The highest BCUT2D eigenvalue weighted by Crippen LogP contribution is 2.47. The fourth-order valence-corrected chi connectivity index (χ4v) is 2.63. The van der Waals surface area contributed by atoms with Crippen molar-refractivity contribution in [2.75, 3.05) is 11.9 Å². The Hall–Kier alpha value is -2.41. The van der Waals surface area contributed by atoms with E-state index in [2.05, 4.69) is 4.98 Å². The molecule has 1 aliphatic heterocycles. The molecule has 1 aromatic heterocycles. The number of hydrogen-bond acceptors (Lipinski definition) is 5. The van der Waals surface area contributed by atoms with Gasteiger partial charge in [0.25, 0.3) is 5.69 Å². The van der Waals surface area contributed by atoms with Crippen LogP contribution in [0.5, 0.6) is 0 Å². The van der Waals surface area contributed by atoms with Crippen molar-refractivity contribution in [1.29, 1.82) is 0 Å². The van der Waals surface area contributed by atoms with Crippen molar-refractivity contribution < 1.29 is 10.0 Å². The number of benzene rings is 1. The Bertz CT molecular complexity index is 763.